The molecule has 10 heteroatoms. The number of sulfonamides is 1. The summed E-state index contributed by atoms with van der Waals surface area (Å²) < 4.78 is 70.1. The number of nitrogens with one attached hydrogen (secondary N) is 1. The van der Waals surface area contributed by atoms with Gasteiger partial charge in [-0.3, -0.25) is 0 Å². The van der Waals surface area contributed by atoms with Gasteiger partial charge in [-0.05, 0) is 41.3 Å². The highest BCUT2D eigenvalue weighted by molar-refractivity contribution is 7.89. The molecule has 1 unspecified atom stereocenters. The largest absolute Gasteiger partial charge is 0.573 e. The Balaban J connectivity index is 1.77. The van der Waals surface area contributed by atoms with Gasteiger partial charge in [0, 0.05) is 25.3 Å². The Kier molecular flexibility index (Phi) is 5.37. The Morgan fingerprint density at radius 1 is 1.18 bits per heavy atom. The molecule has 1 aromatic heterocycles. The average molecular weight is 414 g/mol. The van der Waals surface area contributed by atoms with Gasteiger partial charge in [-0.25, -0.2) is 13.1 Å². The fourth-order valence-electron chi connectivity index (χ4n) is 2.77. The Labute approximate surface area is 159 Å². The van der Waals surface area contributed by atoms with E-state index in [4.69, 9.17) is 0 Å². The van der Waals surface area contributed by atoms with Gasteiger partial charge in [0.15, 0.2) is 0 Å². The number of aliphatic hydroxyl groups excluding tert-OH is 1. The van der Waals surface area contributed by atoms with E-state index in [1.54, 1.807) is 18.2 Å². The molecule has 3 rings (SSSR count). The molecular weight excluding hydrogens is 397 g/mol. The highest BCUT2D eigenvalue weighted by Crippen LogP contribution is 2.29. The van der Waals surface area contributed by atoms with Crippen molar-refractivity contribution in [1.29, 1.82) is 0 Å². The molecule has 0 amide bonds. The number of hydrogen-bond donors (Lipinski definition) is 2. The molecule has 2 N–H and O–H groups in total. The molecule has 150 valence electrons. The number of para-hydroxylation sites is 1. The van der Waals surface area contributed by atoms with Gasteiger partial charge >= 0.3 is 6.36 Å². The predicted octanol–water partition coefficient (Wildman–Crippen LogP) is 3.09. The van der Waals surface area contributed by atoms with Gasteiger partial charge < -0.3 is 14.4 Å². The van der Waals surface area contributed by atoms with Crippen LogP contribution in [0.15, 0.2) is 59.6 Å². The number of aliphatic hydroxyl groups is 1. The minimum Gasteiger partial charge on any atom is -0.404 e. The minimum atomic E-state index is -5.03. The van der Waals surface area contributed by atoms with Crippen LogP contribution in [-0.4, -0.2) is 31.0 Å². The summed E-state index contributed by atoms with van der Waals surface area (Å²) in [7, 11) is -2.48. The number of alkyl halides is 3. The molecule has 0 saturated carbocycles. The molecule has 0 aliphatic carbocycles. The topological polar surface area (TPSA) is 80.6 Å². The lowest BCUT2D eigenvalue weighted by molar-refractivity contribution is -0.275. The van der Waals surface area contributed by atoms with Crippen LogP contribution < -0.4 is 9.46 Å². The minimum absolute atomic E-state index is 0.416. The van der Waals surface area contributed by atoms with Gasteiger partial charge in [-0.2, -0.15) is 0 Å². The van der Waals surface area contributed by atoms with Crippen molar-refractivity contribution in [3.8, 4) is 5.75 Å². The van der Waals surface area contributed by atoms with E-state index in [-0.39, 0.29) is 0 Å². The van der Waals surface area contributed by atoms with Crippen molar-refractivity contribution in [3.63, 3.8) is 0 Å². The standard InChI is InChI=1S/C18H17F3N2O4S/c1-23-9-8-12-10-13(6-7-14(12)23)15(24)11-22-28(25,26)17-5-3-2-4-16(17)27-18(19,20)21/h2-10,15,22,24H,11H2,1H3. The van der Waals surface area contributed by atoms with Crippen molar-refractivity contribution in [1.82, 2.24) is 9.29 Å². The first-order valence-electron chi connectivity index (χ1n) is 8.14. The highest BCUT2D eigenvalue weighted by Gasteiger charge is 2.34. The lowest BCUT2D eigenvalue weighted by atomic mass is 10.1. The molecule has 2 aromatic carbocycles. The Morgan fingerprint density at radius 2 is 1.89 bits per heavy atom. The van der Waals surface area contributed by atoms with Crippen LogP contribution in [0.1, 0.15) is 11.7 Å². The fraction of sp³-hybridized carbons (Fsp3) is 0.222. The summed E-state index contributed by atoms with van der Waals surface area (Å²) in [5, 5.41) is 11.2. The zero-order valence-electron chi connectivity index (χ0n) is 14.6. The first-order chi connectivity index (χ1) is 13.1. The van der Waals surface area contributed by atoms with Crippen LogP contribution in [0.25, 0.3) is 10.9 Å². The summed E-state index contributed by atoms with van der Waals surface area (Å²) in [6.45, 7) is -0.416. The van der Waals surface area contributed by atoms with E-state index in [1.165, 1.54) is 12.1 Å². The summed E-state index contributed by atoms with van der Waals surface area (Å²) in [6.07, 6.45) is -4.37. The lowest BCUT2D eigenvalue weighted by Gasteiger charge is -2.16. The maximum Gasteiger partial charge on any atom is 0.573 e. The van der Waals surface area contributed by atoms with Crippen molar-refractivity contribution in [2.45, 2.75) is 17.4 Å². The smallest absolute Gasteiger partial charge is 0.404 e. The quantitative estimate of drug-likeness (QED) is 0.650. The molecule has 6 nitrogen and oxygen atoms in total. The third-order valence-corrected chi connectivity index (χ3v) is 5.59. The second-order valence-corrected chi connectivity index (χ2v) is 7.84. The lowest BCUT2D eigenvalue weighted by Crippen LogP contribution is -2.29. The third-order valence-electron chi connectivity index (χ3n) is 4.13. The van der Waals surface area contributed by atoms with Crippen molar-refractivity contribution >= 4 is 20.9 Å². The van der Waals surface area contributed by atoms with Crippen LogP contribution in [-0.2, 0) is 17.1 Å². The number of aromatic nitrogens is 1. The van der Waals surface area contributed by atoms with Crippen LogP contribution in [0.3, 0.4) is 0 Å². The van der Waals surface area contributed by atoms with E-state index in [0.29, 0.717) is 5.56 Å². The van der Waals surface area contributed by atoms with Gasteiger partial charge in [0.1, 0.15) is 10.6 Å². The predicted molar refractivity (Wildman–Crippen MR) is 96.2 cm³/mol. The molecule has 1 heterocycles. The Hall–Kier alpha value is -2.56. The number of rotatable bonds is 6. The summed E-state index contributed by atoms with van der Waals surface area (Å²) in [5.41, 5.74) is 1.41. The molecule has 3 aromatic rings. The van der Waals surface area contributed by atoms with Crippen LogP contribution in [0.5, 0.6) is 5.75 Å². The van der Waals surface area contributed by atoms with Gasteiger partial charge in [-0.15, -0.1) is 13.2 Å². The fourth-order valence-corrected chi connectivity index (χ4v) is 3.94. The Morgan fingerprint density at radius 3 is 2.61 bits per heavy atom. The summed E-state index contributed by atoms with van der Waals surface area (Å²) in [6, 6.07) is 11.4. The first kappa shape index (κ1) is 20.2. The molecule has 0 fully saturated rings. The molecule has 0 spiro atoms. The van der Waals surface area contributed by atoms with Crippen molar-refractivity contribution < 1.29 is 31.4 Å². The number of fused-ring (bicyclic) bond motifs is 1. The second-order valence-electron chi connectivity index (χ2n) is 6.11. The van der Waals surface area contributed by atoms with Crippen LogP contribution in [0.4, 0.5) is 13.2 Å². The SMILES string of the molecule is Cn1ccc2cc(C(O)CNS(=O)(=O)c3ccccc3OC(F)(F)F)ccc21. The monoisotopic (exact) mass is 414 g/mol. The zero-order chi connectivity index (χ0) is 20.5. The van der Waals surface area contributed by atoms with E-state index in [9.17, 15) is 26.7 Å². The van der Waals surface area contributed by atoms with Crippen molar-refractivity contribution in [2.24, 2.45) is 7.05 Å². The van der Waals surface area contributed by atoms with Gasteiger partial charge in [0.2, 0.25) is 10.0 Å². The molecule has 0 aliphatic rings. The molecule has 1 atom stereocenters. The van der Waals surface area contributed by atoms with Crippen LogP contribution in [0.2, 0.25) is 0 Å². The normalized spacial score (nSPS) is 13.6. The maximum absolute atomic E-state index is 12.5. The molecule has 0 aliphatic heterocycles. The van der Waals surface area contributed by atoms with Crippen LogP contribution >= 0.6 is 0 Å². The maximum atomic E-state index is 12.5. The van der Waals surface area contributed by atoms with Gasteiger partial charge in [-0.1, -0.05) is 18.2 Å². The number of aryl methyl sites for hydroxylation is 1. The molecule has 0 bridgehead atoms. The first-order valence-corrected chi connectivity index (χ1v) is 9.63. The van der Waals surface area contributed by atoms with Crippen molar-refractivity contribution in [3.05, 3.63) is 60.3 Å². The van der Waals surface area contributed by atoms with E-state index < -0.39 is 39.7 Å². The van der Waals surface area contributed by atoms with Crippen molar-refractivity contribution in [2.75, 3.05) is 6.54 Å². The zero-order valence-corrected chi connectivity index (χ0v) is 15.5. The molecule has 0 radical (unpaired) electrons. The number of ether oxygens (including phenoxy) is 1. The third kappa shape index (κ3) is 4.46. The second kappa shape index (κ2) is 7.46. The average Bonchev–Trinajstić information content (AvgIpc) is 2.99. The van der Waals surface area contributed by atoms with E-state index in [1.807, 2.05) is 23.9 Å². The highest BCUT2D eigenvalue weighted by atomic mass is 32.2. The number of halogens is 3. The van der Waals surface area contributed by atoms with E-state index >= 15 is 0 Å². The Bertz CT molecular complexity index is 1090. The van der Waals surface area contributed by atoms with Gasteiger partial charge in [0.05, 0.1) is 6.10 Å². The molecule has 28 heavy (non-hydrogen) atoms. The molecule has 0 saturated heterocycles. The summed E-state index contributed by atoms with van der Waals surface area (Å²) in [4.78, 5) is -0.668. The van der Waals surface area contributed by atoms with E-state index in [0.717, 1.165) is 23.0 Å². The number of hydrogen-bond acceptors (Lipinski definition) is 4. The van der Waals surface area contributed by atoms with Gasteiger partial charge in [0.25, 0.3) is 0 Å². The summed E-state index contributed by atoms with van der Waals surface area (Å²) >= 11 is 0. The summed E-state index contributed by atoms with van der Waals surface area (Å²) in [5.74, 6) is -0.845. The molecular formula is C18H17F3N2O4S. The van der Waals surface area contributed by atoms with E-state index in [2.05, 4.69) is 9.46 Å². The number of nitrogens with zero attached hydrogens (tertiary/aromatic N) is 1. The number of benzene rings is 2. The van der Waals surface area contributed by atoms with Crippen LogP contribution in [0, 0.1) is 0 Å².